The molecule has 5 atom stereocenters. The molecule has 1 fully saturated rings. The molecular weight excluding hydrogens is 618 g/mol. The number of aliphatic hydroxyl groups is 1. The van der Waals surface area contributed by atoms with Crippen LogP contribution in [0.3, 0.4) is 0 Å². The van der Waals surface area contributed by atoms with E-state index < -0.39 is 54.1 Å². The summed E-state index contributed by atoms with van der Waals surface area (Å²) in [6.07, 6.45) is 0.447. The second-order valence-corrected chi connectivity index (χ2v) is 14.7. The Morgan fingerprint density at radius 2 is 1.34 bits per heavy atom. The van der Waals surface area contributed by atoms with Gasteiger partial charge in [0.1, 0.15) is 18.1 Å². The molecule has 2 aromatic carbocycles. The SMILES string of the molecule is CC(C)C[C@H](NC(=O)c1ccc2c(c1)Nc1ccccc1S2)C(=O)N[C@@H](CC(C)C)C(=O)N[C@@H](CC(C)C)C(=O)N[C@H]1CCOC1O. The minimum absolute atomic E-state index is 0.0540. The molecule has 1 unspecified atom stereocenters. The number of fused-ring (bicyclic) bond motifs is 2. The van der Waals surface area contributed by atoms with Crippen molar-refractivity contribution in [3.8, 4) is 0 Å². The zero-order valence-electron chi connectivity index (χ0n) is 28.1. The second-order valence-electron chi connectivity index (χ2n) is 13.6. The molecule has 4 rings (SSSR count). The number of ether oxygens (including phenoxy) is 1. The molecule has 2 aliphatic heterocycles. The van der Waals surface area contributed by atoms with Crippen molar-refractivity contribution in [3.05, 3.63) is 48.0 Å². The van der Waals surface area contributed by atoms with Crippen molar-refractivity contribution in [2.75, 3.05) is 11.9 Å². The third-order valence-corrected chi connectivity index (χ3v) is 9.17. The van der Waals surface area contributed by atoms with Crippen molar-refractivity contribution < 1.29 is 29.0 Å². The molecule has 0 radical (unpaired) electrons. The zero-order chi connectivity index (χ0) is 34.2. The molecule has 4 amide bonds. The molecule has 256 valence electrons. The van der Waals surface area contributed by atoms with Crippen molar-refractivity contribution in [3.63, 3.8) is 0 Å². The van der Waals surface area contributed by atoms with Crippen LogP contribution in [0.5, 0.6) is 0 Å². The average molecular weight is 668 g/mol. The van der Waals surface area contributed by atoms with Crippen LogP contribution in [-0.2, 0) is 19.1 Å². The summed E-state index contributed by atoms with van der Waals surface area (Å²) in [5, 5.41) is 24.8. The summed E-state index contributed by atoms with van der Waals surface area (Å²) >= 11 is 1.62. The molecule has 11 nitrogen and oxygen atoms in total. The highest BCUT2D eigenvalue weighted by atomic mass is 32.2. The molecule has 0 spiro atoms. The van der Waals surface area contributed by atoms with Crippen LogP contribution < -0.4 is 26.6 Å². The predicted octanol–water partition coefficient (Wildman–Crippen LogP) is 4.32. The Balaban J connectivity index is 1.45. The molecule has 12 heteroatoms. The Morgan fingerprint density at radius 1 is 0.787 bits per heavy atom. The Morgan fingerprint density at radius 3 is 1.91 bits per heavy atom. The Labute approximate surface area is 281 Å². The average Bonchev–Trinajstić information content (AvgIpc) is 3.41. The quantitative estimate of drug-likeness (QED) is 0.148. The van der Waals surface area contributed by atoms with E-state index in [0.717, 1.165) is 21.2 Å². The molecule has 47 heavy (non-hydrogen) atoms. The first-order chi connectivity index (χ1) is 22.3. The van der Waals surface area contributed by atoms with Gasteiger partial charge >= 0.3 is 0 Å². The van der Waals surface area contributed by atoms with E-state index in [1.807, 2.05) is 71.9 Å². The fourth-order valence-corrected chi connectivity index (χ4v) is 6.65. The molecule has 0 bridgehead atoms. The molecule has 6 N–H and O–H groups in total. The molecule has 2 aliphatic rings. The topological polar surface area (TPSA) is 158 Å². The fraction of sp³-hybridized carbons (Fsp3) is 0.543. The Bertz CT molecular complexity index is 1430. The van der Waals surface area contributed by atoms with Gasteiger partial charge in [-0.15, -0.1) is 0 Å². The number of carbonyl (C=O) groups is 4. The van der Waals surface area contributed by atoms with Gasteiger partial charge in [-0.3, -0.25) is 19.2 Å². The van der Waals surface area contributed by atoms with Gasteiger partial charge in [0, 0.05) is 15.4 Å². The highest BCUT2D eigenvalue weighted by molar-refractivity contribution is 7.99. The van der Waals surface area contributed by atoms with Crippen LogP contribution in [0.1, 0.15) is 77.6 Å². The number of carbonyl (C=O) groups excluding carboxylic acids is 4. The van der Waals surface area contributed by atoms with Crippen LogP contribution in [0.4, 0.5) is 11.4 Å². The van der Waals surface area contributed by atoms with E-state index in [-0.39, 0.29) is 17.8 Å². The lowest BCUT2D eigenvalue weighted by Crippen LogP contribution is -2.58. The van der Waals surface area contributed by atoms with Crippen molar-refractivity contribution in [2.45, 2.75) is 107 Å². The number of amides is 4. The van der Waals surface area contributed by atoms with Crippen LogP contribution in [0.2, 0.25) is 0 Å². The first-order valence-corrected chi connectivity index (χ1v) is 17.3. The molecule has 2 heterocycles. The number of rotatable bonds is 14. The normalized spacial score (nSPS) is 18.9. The fourth-order valence-electron chi connectivity index (χ4n) is 5.68. The van der Waals surface area contributed by atoms with Gasteiger partial charge in [-0.05, 0) is 73.8 Å². The monoisotopic (exact) mass is 667 g/mol. The first-order valence-electron chi connectivity index (χ1n) is 16.5. The van der Waals surface area contributed by atoms with Gasteiger partial charge in [0.15, 0.2) is 6.29 Å². The lowest BCUT2D eigenvalue weighted by molar-refractivity contribution is -0.134. The lowest BCUT2D eigenvalue weighted by atomic mass is 9.98. The van der Waals surface area contributed by atoms with Crippen molar-refractivity contribution in [2.24, 2.45) is 17.8 Å². The van der Waals surface area contributed by atoms with Crippen LogP contribution in [0.15, 0.2) is 52.3 Å². The Hall–Kier alpha value is -3.61. The minimum Gasteiger partial charge on any atom is -0.366 e. The summed E-state index contributed by atoms with van der Waals surface area (Å²) < 4.78 is 5.15. The summed E-state index contributed by atoms with van der Waals surface area (Å²) in [6, 6.07) is 10.1. The van der Waals surface area contributed by atoms with E-state index in [2.05, 4.69) is 26.6 Å². The number of anilines is 2. The molecule has 0 saturated carbocycles. The number of para-hydroxylation sites is 1. The van der Waals surface area contributed by atoms with Crippen molar-refractivity contribution in [1.82, 2.24) is 21.3 Å². The molecule has 2 aromatic rings. The summed E-state index contributed by atoms with van der Waals surface area (Å²) in [7, 11) is 0. The summed E-state index contributed by atoms with van der Waals surface area (Å²) in [5.41, 5.74) is 2.19. The van der Waals surface area contributed by atoms with E-state index >= 15 is 0 Å². The largest absolute Gasteiger partial charge is 0.366 e. The first kappa shape index (κ1) is 36.2. The Kier molecular flexibility index (Phi) is 12.7. The maximum Gasteiger partial charge on any atom is 0.252 e. The number of nitrogens with one attached hydrogen (secondary N) is 5. The predicted molar refractivity (Wildman–Crippen MR) is 182 cm³/mol. The van der Waals surface area contributed by atoms with E-state index in [4.69, 9.17) is 4.74 Å². The second kappa shape index (κ2) is 16.5. The van der Waals surface area contributed by atoms with E-state index in [9.17, 15) is 24.3 Å². The molecular formula is C35H49N5O6S. The number of benzene rings is 2. The van der Waals surface area contributed by atoms with Gasteiger partial charge < -0.3 is 36.4 Å². The van der Waals surface area contributed by atoms with Crippen LogP contribution in [-0.4, -0.2) is 65.8 Å². The van der Waals surface area contributed by atoms with Gasteiger partial charge in [0.2, 0.25) is 17.7 Å². The third-order valence-electron chi connectivity index (χ3n) is 8.02. The summed E-state index contributed by atoms with van der Waals surface area (Å²) in [6.45, 7) is 12.0. The summed E-state index contributed by atoms with van der Waals surface area (Å²) in [5.74, 6) is -1.53. The van der Waals surface area contributed by atoms with Gasteiger partial charge in [-0.2, -0.15) is 0 Å². The zero-order valence-corrected chi connectivity index (χ0v) is 28.9. The van der Waals surface area contributed by atoms with Crippen molar-refractivity contribution in [1.29, 1.82) is 0 Å². The number of hydrogen-bond acceptors (Lipinski definition) is 8. The molecule has 1 saturated heterocycles. The van der Waals surface area contributed by atoms with Crippen LogP contribution >= 0.6 is 11.8 Å². The summed E-state index contributed by atoms with van der Waals surface area (Å²) in [4.78, 5) is 56.1. The highest BCUT2D eigenvalue weighted by Crippen LogP contribution is 2.44. The van der Waals surface area contributed by atoms with Crippen LogP contribution in [0, 0.1) is 17.8 Å². The number of aliphatic hydroxyl groups excluding tert-OH is 1. The van der Waals surface area contributed by atoms with Crippen LogP contribution in [0.25, 0.3) is 0 Å². The van der Waals surface area contributed by atoms with E-state index in [0.29, 0.717) is 37.9 Å². The maximum atomic E-state index is 13.7. The van der Waals surface area contributed by atoms with Gasteiger partial charge in [-0.1, -0.05) is 65.4 Å². The highest BCUT2D eigenvalue weighted by Gasteiger charge is 2.34. The lowest BCUT2D eigenvalue weighted by Gasteiger charge is -2.28. The van der Waals surface area contributed by atoms with Gasteiger partial charge in [0.25, 0.3) is 5.91 Å². The van der Waals surface area contributed by atoms with E-state index in [1.54, 1.807) is 23.9 Å². The molecule has 0 aliphatic carbocycles. The molecule has 0 aromatic heterocycles. The van der Waals surface area contributed by atoms with E-state index in [1.165, 1.54) is 0 Å². The van der Waals surface area contributed by atoms with Gasteiger partial charge in [-0.25, -0.2) is 0 Å². The minimum atomic E-state index is -1.09. The smallest absolute Gasteiger partial charge is 0.252 e. The maximum absolute atomic E-state index is 13.7. The van der Waals surface area contributed by atoms with Crippen molar-refractivity contribution >= 4 is 46.8 Å². The third kappa shape index (κ3) is 10.2. The standard InChI is InChI=1S/C35H49N5O6S/c1-19(2)15-26(38-31(41)22-11-12-30-25(18-22)36-23-9-7-8-10-29(23)47-30)33(43)40-28(17-21(5)6)34(44)39-27(16-20(3)4)32(42)37-24-13-14-46-35(24)45/h7-12,18-21,24,26-28,35-36,45H,13-17H2,1-6H3,(H,37,42)(H,38,41)(H,39,44)(H,40,43)/t24-,26-,27-,28-,35?/m0/s1. The number of hydrogen-bond donors (Lipinski definition) is 6. The van der Waals surface area contributed by atoms with Gasteiger partial charge in [0.05, 0.1) is 24.0 Å².